The summed E-state index contributed by atoms with van der Waals surface area (Å²) in [6, 6.07) is 16.8. The summed E-state index contributed by atoms with van der Waals surface area (Å²) < 4.78 is 0. The number of carbonyl (C=O) groups is 3. The first-order valence-electron chi connectivity index (χ1n) is 12.0. The molecule has 3 heterocycles. The molecule has 0 bridgehead atoms. The van der Waals surface area contributed by atoms with Gasteiger partial charge < -0.3 is 10.2 Å². The lowest BCUT2D eigenvalue weighted by atomic mass is 9.84. The number of amides is 3. The Hall–Kier alpha value is -4.50. The van der Waals surface area contributed by atoms with Crippen LogP contribution in [0.2, 0.25) is 5.02 Å². The molecule has 9 nitrogen and oxygen atoms in total. The number of nitro groups is 1. The number of hydrogen-bond acceptors (Lipinski definition) is 6. The molecule has 4 atom stereocenters. The van der Waals surface area contributed by atoms with Gasteiger partial charge in [0.2, 0.25) is 17.7 Å². The molecule has 38 heavy (non-hydrogen) atoms. The van der Waals surface area contributed by atoms with Crippen LogP contribution >= 0.6 is 11.6 Å². The number of halogens is 1. The fraction of sp³-hybridized carbons (Fsp3) is 0.179. The first-order chi connectivity index (χ1) is 18.3. The highest BCUT2D eigenvalue weighted by Crippen LogP contribution is 2.53. The third kappa shape index (κ3) is 3.58. The summed E-state index contributed by atoms with van der Waals surface area (Å²) >= 11 is 5.98. The van der Waals surface area contributed by atoms with Gasteiger partial charge >= 0.3 is 0 Å². The molecule has 0 radical (unpaired) electrons. The topological polar surface area (TPSA) is 113 Å². The molecule has 3 aromatic carbocycles. The van der Waals surface area contributed by atoms with Crippen LogP contribution in [0.1, 0.15) is 22.7 Å². The van der Waals surface area contributed by atoms with Crippen molar-refractivity contribution >= 4 is 52.5 Å². The van der Waals surface area contributed by atoms with E-state index < -0.39 is 46.6 Å². The third-order valence-electron chi connectivity index (χ3n) is 7.47. The first kappa shape index (κ1) is 23.9. The lowest BCUT2D eigenvalue weighted by molar-refractivity contribution is -0.384. The van der Waals surface area contributed by atoms with E-state index in [0.29, 0.717) is 16.3 Å². The fourth-order valence-electron chi connectivity index (χ4n) is 5.85. The van der Waals surface area contributed by atoms with Crippen molar-refractivity contribution in [2.45, 2.75) is 19.0 Å². The number of benzene rings is 3. The smallest absolute Gasteiger partial charge is 0.269 e. The third-order valence-corrected chi connectivity index (χ3v) is 7.73. The molecule has 0 aromatic heterocycles. The molecule has 0 spiro atoms. The molecule has 2 fully saturated rings. The maximum Gasteiger partial charge on any atom is 0.269 e. The maximum atomic E-state index is 14.0. The molecule has 3 amide bonds. The van der Waals surface area contributed by atoms with Crippen molar-refractivity contribution in [1.82, 2.24) is 4.90 Å². The van der Waals surface area contributed by atoms with Crippen LogP contribution in [-0.2, 0) is 14.4 Å². The van der Waals surface area contributed by atoms with Crippen molar-refractivity contribution in [1.29, 1.82) is 0 Å². The minimum atomic E-state index is -0.954. The van der Waals surface area contributed by atoms with Crippen LogP contribution in [0, 0.1) is 28.9 Å². The summed E-state index contributed by atoms with van der Waals surface area (Å²) in [5.74, 6) is -3.13. The summed E-state index contributed by atoms with van der Waals surface area (Å²) in [6.07, 6.45) is 3.65. The molecule has 1 N–H and O–H groups in total. The molecule has 6 rings (SSSR count). The van der Waals surface area contributed by atoms with E-state index in [1.54, 1.807) is 42.3 Å². The van der Waals surface area contributed by atoms with Gasteiger partial charge in [-0.1, -0.05) is 35.9 Å². The highest BCUT2D eigenvalue weighted by molar-refractivity contribution is 6.30. The average Bonchev–Trinajstić information content (AvgIpc) is 3.38. The van der Waals surface area contributed by atoms with Gasteiger partial charge in [-0.25, -0.2) is 4.90 Å². The SMILES string of the molecule is Cc1cc([N+](=O)[O-])ccc1N1C(=O)[C@@H]2[C@H](C1=O)[C@H]1c3ccccc3C=CN1[C@H]2C(=O)Nc1ccc(Cl)cc1. The number of carbonyl (C=O) groups excluding carboxylic acids is 3. The number of rotatable bonds is 4. The minimum absolute atomic E-state index is 0.136. The Kier molecular flexibility index (Phi) is 5.53. The summed E-state index contributed by atoms with van der Waals surface area (Å²) in [6.45, 7) is 1.62. The Morgan fingerprint density at radius 1 is 1.00 bits per heavy atom. The highest BCUT2D eigenvalue weighted by atomic mass is 35.5. The monoisotopic (exact) mass is 528 g/mol. The number of fused-ring (bicyclic) bond motifs is 5. The zero-order chi connectivity index (χ0) is 26.7. The van der Waals surface area contributed by atoms with Crippen molar-refractivity contribution in [3.63, 3.8) is 0 Å². The largest absolute Gasteiger partial charge is 0.357 e. The molecular formula is C28H21ClN4O5. The zero-order valence-electron chi connectivity index (χ0n) is 20.1. The van der Waals surface area contributed by atoms with Crippen molar-refractivity contribution in [2.75, 3.05) is 10.2 Å². The van der Waals surface area contributed by atoms with Crippen molar-refractivity contribution in [3.05, 3.63) is 105 Å². The van der Waals surface area contributed by atoms with Crippen LogP contribution < -0.4 is 10.2 Å². The van der Waals surface area contributed by atoms with Crippen LogP contribution in [0.3, 0.4) is 0 Å². The van der Waals surface area contributed by atoms with E-state index >= 15 is 0 Å². The number of nitrogens with one attached hydrogen (secondary N) is 1. The fourth-order valence-corrected chi connectivity index (χ4v) is 5.97. The number of nitrogens with zero attached hydrogens (tertiary/aromatic N) is 3. The van der Waals surface area contributed by atoms with Crippen LogP contribution in [0.5, 0.6) is 0 Å². The Bertz CT molecular complexity index is 1550. The van der Waals surface area contributed by atoms with Crippen molar-refractivity contribution in [2.24, 2.45) is 11.8 Å². The van der Waals surface area contributed by atoms with Crippen molar-refractivity contribution < 1.29 is 19.3 Å². The Morgan fingerprint density at radius 3 is 2.42 bits per heavy atom. The van der Waals surface area contributed by atoms with E-state index in [9.17, 15) is 24.5 Å². The molecule has 3 aliphatic rings. The Morgan fingerprint density at radius 2 is 1.71 bits per heavy atom. The van der Waals surface area contributed by atoms with E-state index in [-0.39, 0.29) is 11.4 Å². The van der Waals surface area contributed by atoms with Crippen LogP contribution in [0.25, 0.3) is 6.08 Å². The lowest BCUT2D eigenvalue weighted by Crippen LogP contribution is -2.46. The highest BCUT2D eigenvalue weighted by Gasteiger charge is 2.64. The number of nitro benzene ring substituents is 1. The lowest BCUT2D eigenvalue weighted by Gasteiger charge is -2.35. The molecule has 3 aliphatic heterocycles. The molecule has 190 valence electrons. The van der Waals surface area contributed by atoms with Crippen molar-refractivity contribution in [3.8, 4) is 0 Å². The van der Waals surface area contributed by atoms with Crippen LogP contribution in [0.15, 0.2) is 72.9 Å². The number of hydrogen-bond donors (Lipinski definition) is 1. The Labute approximate surface area is 222 Å². The molecule has 2 saturated heterocycles. The number of non-ortho nitro benzene ring substituents is 1. The molecular weight excluding hydrogens is 508 g/mol. The molecule has 0 unspecified atom stereocenters. The number of imide groups is 1. The summed E-state index contributed by atoms with van der Waals surface area (Å²) in [5, 5.41) is 14.6. The predicted molar refractivity (Wildman–Crippen MR) is 141 cm³/mol. The van der Waals surface area contributed by atoms with Gasteiger partial charge in [-0.15, -0.1) is 0 Å². The Balaban J connectivity index is 1.43. The van der Waals surface area contributed by atoms with Crippen LogP contribution in [-0.4, -0.2) is 33.6 Å². The van der Waals surface area contributed by atoms with Gasteiger partial charge in [0, 0.05) is 29.0 Å². The minimum Gasteiger partial charge on any atom is -0.357 e. The van der Waals surface area contributed by atoms with Gasteiger partial charge in [0.1, 0.15) is 6.04 Å². The normalized spacial score (nSPS) is 23.2. The first-order valence-corrected chi connectivity index (χ1v) is 12.4. The summed E-state index contributed by atoms with van der Waals surface area (Å²) in [7, 11) is 0. The van der Waals surface area contributed by atoms with Gasteiger partial charge in [-0.05, 0) is 60.0 Å². The standard InChI is InChI=1S/C28H21ClN4O5/c1-15-14-19(33(37)38)10-11-21(15)32-27(35)22-23(28(32)36)25(26(34)30-18-8-6-17(29)7-9-18)31-13-12-16-4-2-3-5-20(16)24(22)31/h2-14,22-25H,1H3,(H,30,34)/t22-,23+,24+,25+/m0/s1. The van der Waals surface area contributed by atoms with Gasteiger partial charge in [-0.3, -0.25) is 24.5 Å². The zero-order valence-corrected chi connectivity index (χ0v) is 20.8. The van der Waals surface area contributed by atoms with E-state index in [2.05, 4.69) is 5.32 Å². The summed E-state index contributed by atoms with van der Waals surface area (Å²) in [4.78, 5) is 55.2. The molecule has 3 aromatic rings. The maximum absolute atomic E-state index is 14.0. The molecule has 10 heteroatoms. The average molecular weight is 529 g/mol. The quantitative estimate of drug-likeness (QED) is 0.298. The van der Waals surface area contributed by atoms with Gasteiger partial charge in [0.25, 0.3) is 5.69 Å². The van der Waals surface area contributed by atoms with E-state index in [0.717, 1.165) is 16.0 Å². The van der Waals surface area contributed by atoms with Gasteiger partial charge in [0.15, 0.2) is 0 Å². The van der Waals surface area contributed by atoms with E-state index in [4.69, 9.17) is 11.6 Å². The second-order valence-corrected chi connectivity index (χ2v) is 10.0. The second kappa shape index (κ2) is 8.81. The number of anilines is 2. The predicted octanol–water partition coefficient (Wildman–Crippen LogP) is 4.71. The molecule has 0 saturated carbocycles. The van der Waals surface area contributed by atoms with Crippen LogP contribution in [0.4, 0.5) is 17.1 Å². The molecule has 0 aliphatic carbocycles. The second-order valence-electron chi connectivity index (χ2n) is 9.57. The van der Waals surface area contributed by atoms with E-state index in [1.165, 1.54) is 18.2 Å². The van der Waals surface area contributed by atoms with Gasteiger partial charge in [-0.2, -0.15) is 0 Å². The summed E-state index contributed by atoms with van der Waals surface area (Å²) in [5.41, 5.74) is 2.85. The van der Waals surface area contributed by atoms with E-state index in [1.807, 2.05) is 30.3 Å². The van der Waals surface area contributed by atoms with Gasteiger partial charge in [0.05, 0.1) is 28.5 Å². The number of aryl methyl sites for hydroxylation is 1.